The molecule has 0 radical (unpaired) electrons. The van der Waals surface area contributed by atoms with Crippen molar-refractivity contribution in [2.45, 2.75) is 0 Å². The number of pyridine rings is 2. The van der Waals surface area contributed by atoms with Crippen molar-refractivity contribution in [3.8, 4) is 11.3 Å². The van der Waals surface area contributed by atoms with Crippen LogP contribution in [0.5, 0.6) is 0 Å². The molecule has 0 bridgehead atoms. The lowest BCUT2D eigenvalue weighted by molar-refractivity contribution is -0.384. The second-order valence-corrected chi connectivity index (χ2v) is 4.04. The van der Waals surface area contributed by atoms with Crippen molar-refractivity contribution in [2.75, 3.05) is 0 Å². The van der Waals surface area contributed by atoms with Crippen molar-refractivity contribution in [3.63, 3.8) is 0 Å². The molecule has 0 spiro atoms. The molecule has 2 aromatic rings. The highest BCUT2D eigenvalue weighted by Gasteiger charge is 2.20. The van der Waals surface area contributed by atoms with E-state index in [4.69, 9.17) is 0 Å². The molecule has 17 heavy (non-hydrogen) atoms. The molecule has 0 unspecified atom stereocenters. The van der Waals surface area contributed by atoms with Crippen LogP contribution in [0.3, 0.4) is 0 Å². The quantitative estimate of drug-likeness (QED) is 0.485. The SMILES string of the molecule is O=[N+]([O-])c1cc(Br)cnc1-c1cccnc1F. The second kappa shape index (κ2) is 4.54. The minimum absolute atomic E-state index is 0.00620. The molecular formula is C10H5BrFN3O2. The minimum Gasteiger partial charge on any atom is -0.258 e. The Bertz CT molecular complexity index is 592. The van der Waals surface area contributed by atoms with E-state index in [0.717, 1.165) is 0 Å². The predicted octanol–water partition coefficient (Wildman–Crippen LogP) is 2.95. The highest BCUT2D eigenvalue weighted by atomic mass is 79.9. The van der Waals surface area contributed by atoms with Crippen LogP contribution in [-0.2, 0) is 0 Å². The van der Waals surface area contributed by atoms with E-state index in [9.17, 15) is 14.5 Å². The van der Waals surface area contributed by atoms with E-state index in [1.165, 1.54) is 30.6 Å². The molecule has 0 aliphatic rings. The van der Waals surface area contributed by atoms with Gasteiger partial charge in [0.15, 0.2) is 5.69 Å². The Morgan fingerprint density at radius 1 is 1.41 bits per heavy atom. The Morgan fingerprint density at radius 2 is 2.18 bits per heavy atom. The van der Waals surface area contributed by atoms with Gasteiger partial charge in [-0.1, -0.05) is 0 Å². The Balaban J connectivity index is 2.68. The molecule has 2 aromatic heterocycles. The van der Waals surface area contributed by atoms with Gasteiger partial charge >= 0.3 is 0 Å². The molecule has 5 nitrogen and oxygen atoms in total. The first-order chi connectivity index (χ1) is 8.09. The number of rotatable bonds is 2. The minimum atomic E-state index is -0.787. The molecular weight excluding hydrogens is 293 g/mol. The zero-order valence-corrected chi connectivity index (χ0v) is 9.89. The Hall–Kier alpha value is -1.89. The second-order valence-electron chi connectivity index (χ2n) is 3.12. The molecule has 0 atom stereocenters. The zero-order valence-electron chi connectivity index (χ0n) is 8.30. The van der Waals surface area contributed by atoms with E-state index >= 15 is 0 Å². The summed E-state index contributed by atoms with van der Waals surface area (Å²) in [6, 6.07) is 4.16. The number of nitrogens with zero attached hydrogens (tertiary/aromatic N) is 3. The van der Waals surface area contributed by atoms with Crippen LogP contribution in [0.15, 0.2) is 35.1 Å². The summed E-state index contributed by atoms with van der Waals surface area (Å²) in [5, 5.41) is 10.9. The smallest absolute Gasteiger partial charge is 0.258 e. The Morgan fingerprint density at radius 3 is 2.82 bits per heavy atom. The van der Waals surface area contributed by atoms with E-state index in [1.54, 1.807) is 0 Å². The Kier molecular flexibility index (Phi) is 3.10. The summed E-state index contributed by atoms with van der Waals surface area (Å²) in [5.74, 6) is -0.787. The average Bonchev–Trinajstić information content (AvgIpc) is 2.30. The summed E-state index contributed by atoms with van der Waals surface area (Å²) in [5.41, 5.74) is -0.304. The van der Waals surface area contributed by atoms with Gasteiger partial charge in [0.2, 0.25) is 5.95 Å². The molecule has 7 heteroatoms. The van der Waals surface area contributed by atoms with Crippen molar-refractivity contribution >= 4 is 21.6 Å². The van der Waals surface area contributed by atoms with Gasteiger partial charge in [0.25, 0.3) is 5.69 Å². The molecule has 0 aliphatic carbocycles. The first-order valence-corrected chi connectivity index (χ1v) is 5.29. The van der Waals surface area contributed by atoms with Crippen LogP contribution >= 0.6 is 15.9 Å². The summed E-state index contributed by atoms with van der Waals surface area (Å²) >= 11 is 3.08. The Labute approximate surface area is 104 Å². The summed E-state index contributed by atoms with van der Waals surface area (Å²) in [7, 11) is 0. The third kappa shape index (κ3) is 2.28. The van der Waals surface area contributed by atoms with Crippen LogP contribution in [0.4, 0.5) is 10.1 Å². The predicted molar refractivity (Wildman–Crippen MR) is 61.8 cm³/mol. The maximum absolute atomic E-state index is 13.4. The maximum atomic E-state index is 13.4. The fraction of sp³-hybridized carbons (Fsp3) is 0. The molecule has 86 valence electrons. The first-order valence-electron chi connectivity index (χ1n) is 4.50. The van der Waals surface area contributed by atoms with Gasteiger partial charge in [-0.15, -0.1) is 0 Å². The molecule has 0 saturated heterocycles. The number of hydrogen-bond acceptors (Lipinski definition) is 4. The molecule has 2 rings (SSSR count). The van der Waals surface area contributed by atoms with Gasteiger partial charge in [0.05, 0.1) is 10.5 Å². The largest absolute Gasteiger partial charge is 0.296 e. The molecule has 0 amide bonds. The fourth-order valence-corrected chi connectivity index (χ4v) is 1.66. The number of nitro groups is 1. The van der Waals surface area contributed by atoms with Crippen LogP contribution in [0, 0.1) is 16.1 Å². The topological polar surface area (TPSA) is 68.9 Å². The number of halogens is 2. The summed E-state index contributed by atoms with van der Waals surface area (Å²) < 4.78 is 13.9. The summed E-state index contributed by atoms with van der Waals surface area (Å²) in [6.45, 7) is 0. The standard InChI is InChI=1S/C10H5BrFN3O2/c11-6-4-8(15(16)17)9(14-5-6)7-2-1-3-13-10(7)12/h1-5H. The van der Waals surface area contributed by atoms with Gasteiger partial charge in [-0.3, -0.25) is 10.1 Å². The molecule has 0 N–H and O–H groups in total. The summed E-state index contributed by atoms with van der Waals surface area (Å²) in [6.07, 6.45) is 2.64. The van der Waals surface area contributed by atoms with E-state index in [1.807, 2.05) is 0 Å². The van der Waals surface area contributed by atoms with Crippen molar-refractivity contribution in [2.24, 2.45) is 0 Å². The third-order valence-electron chi connectivity index (χ3n) is 2.05. The fourth-order valence-electron chi connectivity index (χ4n) is 1.34. The third-order valence-corrected chi connectivity index (χ3v) is 2.48. The van der Waals surface area contributed by atoms with Gasteiger partial charge in [-0.2, -0.15) is 4.39 Å². The van der Waals surface area contributed by atoms with Gasteiger partial charge in [-0.05, 0) is 28.1 Å². The molecule has 2 heterocycles. The van der Waals surface area contributed by atoms with Gasteiger partial charge in [0.1, 0.15) is 0 Å². The van der Waals surface area contributed by atoms with E-state index in [2.05, 4.69) is 25.9 Å². The van der Waals surface area contributed by atoms with E-state index in [-0.39, 0.29) is 16.9 Å². The zero-order chi connectivity index (χ0) is 12.4. The van der Waals surface area contributed by atoms with Crippen molar-refractivity contribution < 1.29 is 9.31 Å². The number of hydrogen-bond donors (Lipinski definition) is 0. The van der Waals surface area contributed by atoms with Crippen LogP contribution in [0.25, 0.3) is 11.3 Å². The van der Waals surface area contributed by atoms with Crippen LogP contribution in [-0.4, -0.2) is 14.9 Å². The lowest BCUT2D eigenvalue weighted by atomic mass is 10.1. The van der Waals surface area contributed by atoms with Crippen molar-refractivity contribution in [1.82, 2.24) is 9.97 Å². The van der Waals surface area contributed by atoms with Crippen LogP contribution in [0.2, 0.25) is 0 Å². The monoisotopic (exact) mass is 297 g/mol. The summed E-state index contributed by atoms with van der Waals surface area (Å²) in [4.78, 5) is 17.5. The molecule has 0 fully saturated rings. The van der Waals surface area contributed by atoms with Gasteiger partial charge < -0.3 is 0 Å². The highest BCUT2D eigenvalue weighted by molar-refractivity contribution is 9.10. The lowest BCUT2D eigenvalue weighted by Gasteiger charge is -2.03. The van der Waals surface area contributed by atoms with E-state index < -0.39 is 10.9 Å². The molecule has 0 saturated carbocycles. The van der Waals surface area contributed by atoms with Crippen molar-refractivity contribution in [1.29, 1.82) is 0 Å². The normalized spacial score (nSPS) is 10.2. The van der Waals surface area contributed by atoms with Crippen molar-refractivity contribution in [3.05, 3.63) is 51.1 Å². The average molecular weight is 298 g/mol. The van der Waals surface area contributed by atoms with Gasteiger partial charge in [0, 0.05) is 22.9 Å². The molecule has 0 aliphatic heterocycles. The lowest BCUT2D eigenvalue weighted by Crippen LogP contribution is -1.97. The van der Waals surface area contributed by atoms with Crippen LogP contribution < -0.4 is 0 Å². The first kappa shape index (κ1) is 11.6. The maximum Gasteiger partial charge on any atom is 0.296 e. The van der Waals surface area contributed by atoms with E-state index in [0.29, 0.717) is 4.47 Å². The molecule has 0 aromatic carbocycles. The number of aromatic nitrogens is 2. The van der Waals surface area contributed by atoms with Crippen LogP contribution in [0.1, 0.15) is 0 Å². The van der Waals surface area contributed by atoms with Gasteiger partial charge in [-0.25, -0.2) is 9.97 Å². The highest BCUT2D eigenvalue weighted by Crippen LogP contribution is 2.30.